The topological polar surface area (TPSA) is 98.8 Å². The molecule has 4 heterocycles. The number of imide groups is 2. The summed E-state index contributed by atoms with van der Waals surface area (Å²) in [5.41, 5.74) is 1.53. The summed E-state index contributed by atoms with van der Waals surface area (Å²) < 4.78 is 0. The van der Waals surface area contributed by atoms with Crippen LogP contribution in [0.3, 0.4) is 0 Å². The molecule has 2 N–H and O–H groups in total. The molecule has 0 aromatic heterocycles. The number of carbonyl (C=O) groups is 4. The molecule has 0 spiro atoms. The maximum Gasteiger partial charge on any atom is 0.264 e. The zero-order valence-electron chi connectivity index (χ0n) is 14.7. The van der Waals surface area contributed by atoms with Crippen LogP contribution in [0.5, 0.6) is 0 Å². The lowest BCUT2D eigenvalue weighted by atomic mass is 10.0. The van der Waals surface area contributed by atoms with Gasteiger partial charge in [0.15, 0.2) is 0 Å². The summed E-state index contributed by atoms with van der Waals surface area (Å²) in [6.45, 7) is 1.72. The van der Waals surface area contributed by atoms with Crippen molar-refractivity contribution in [2.45, 2.75) is 43.8 Å². The average Bonchev–Trinajstić information content (AvgIpc) is 3.05. The van der Waals surface area contributed by atoms with Gasteiger partial charge >= 0.3 is 0 Å². The largest absolute Gasteiger partial charge is 0.362 e. The summed E-state index contributed by atoms with van der Waals surface area (Å²) in [6, 6.07) is 5.03. The molecular weight excluding hydrogens is 348 g/mol. The van der Waals surface area contributed by atoms with Gasteiger partial charge in [0.05, 0.1) is 16.8 Å². The first kappa shape index (κ1) is 16.4. The fourth-order valence-corrected chi connectivity index (χ4v) is 4.88. The molecule has 3 saturated heterocycles. The number of hydrogen-bond donors (Lipinski definition) is 2. The van der Waals surface area contributed by atoms with Crippen LogP contribution in [0, 0.1) is 0 Å². The van der Waals surface area contributed by atoms with Crippen molar-refractivity contribution in [3.63, 3.8) is 0 Å². The zero-order chi connectivity index (χ0) is 18.7. The third kappa shape index (κ3) is 2.32. The van der Waals surface area contributed by atoms with Gasteiger partial charge in [-0.3, -0.25) is 29.4 Å². The van der Waals surface area contributed by atoms with Crippen LogP contribution in [0.25, 0.3) is 0 Å². The van der Waals surface area contributed by atoms with Crippen molar-refractivity contribution in [2.24, 2.45) is 0 Å². The molecule has 4 amide bonds. The second-order valence-corrected chi connectivity index (χ2v) is 7.60. The molecule has 3 unspecified atom stereocenters. The fraction of sp³-hybridized carbons (Fsp3) is 0.474. The highest BCUT2D eigenvalue weighted by molar-refractivity contribution is 6.25. The number of amides is 4. The summed E-state index contributed by atoms with van der Waals surface area (Å²) in [4.78, 5) is 53.2. The number of anilines is 1. The minimum atomic E-state index is -0.928. The van der Waals surface area contributed by atoms with E-state index in [4.69, 9.17) is 0 Å². The summed E-state index contributed by atoms with van der Waals surface area (Å²) in [7, 11) is 0. The van der Waals surface area contributed by atoms with Crippen LogP contribution < -0.4 is 15.5 Å². The van der Waals surface area contributed by atoms with Gasteiger partial charge in [0.25, 0.3) is 11.8 Å². The van der Waals surface area contributed by atoms with Gasteiger partial charge in [-0.05, 0) is 31.4 Å². The van der Waals surface area contributed by atoms with E-state index >= 15 is 0 Å². The highest BCUT2D eigenvalue weighted by Crippen LogP contribution is 2.39. The SMILES string of the molecule is O=C1CCC(N2C(=O)c3cccc(N4C5CCC4CNC5)c3C2=O)C(=O)N1. The first-order valence-corrected chi connectivity index (χ1v) is 9.40. The van der Waals surface area contributed by atoms with Gasteiger partial charge in [0, 0.05) is 31.6 Å². The minimum Gasteiger partial charge on any atom is -0.362 e. The van der Waals surface area contributed by atoms with E-state index in [1.165, 1.54) is 0 Å². The summed E-state index contributed by atoms with van der Waals surface area (Å²) in [6.07, 6.45) is 2.41. The molecular formula is C19H20N4O4. The zero-order valence-corrected chi connectivity index (χ0v) is 14.7. The van der Waals surface area contributed by atoms with Gasteiger partial charge in [0.1, 0.15) is 6.04 Å². The summed E-state index contributed by atoms with van der Waals surface area (Å²) in [5.74, 6) is -1.83. The first-order chi connectivity index (χ1) is 13.1. The van der Waals surface area contributed by atoms with Gasteiger partial charge < -0.3 is 10.2 Å². The van der Waals surface area contributed by atoms with Crippen molar-refractivity contribution in [3.05, 3.63) is 29.3 Å². The number of nitrogens with one attached hydrogen (secondary N) is 2. The predicted octanol–water partition coefficient (Wildman–Crippen LogP) is 0.0284. The normalized spacial score (nSPS) is 30.0. The van der Waals surface area contributed by atoms with E-state index in [0.29, 0.717) is 23.2 Å². The van der Waals surface area contributed by atoms with Crippen molar-refractivity contribution < 1.29 is 19.2 Å². The number of nitrogens with zero attached hydrogens (tertiary/aromatic N) is 2. The van der Waals surface area contributed by atoms with Crippen LogP contribution in [0.1, 0.15) is 46.4 Å². The van der Waals surface area contributed by atoms with Crippen LogP contribution in [0.4, 0.5) is 5.69 Å². The van der Waals surface area contributed by atoms with Crippen molar-refractivity contribution in [3.8, 4) is 0 Å². The van der Waals surface area contributed by atoms with Crippen LogP contribution >= 0.6 is 0 Å². The van der Waals surface area contributed by atoms with Gasteiger partial charge in [-0.1, -0.05) is 6.07 Å². The highest BCUT2D eigenvalue weighted by Gasteiger charge is 2.47. The number of hydrogen-bond acceptors (Lipinski definition) is 6. The second-order valence-electron chi connectivity index (χ2n) is 7.60. The molecule has 2 bridgehead atoms. The van der Waals surface area contributed by atoms with E-state index in [-0.39, 0.29) is 18.7 Å². The summed E-state index contributed by atoms with van der Waals surface area (Å²) in [5, 5.41) is 5.65. The molecule has 5 rings (SSSR count). The van der Waals surface area contributed by atoms with Crippen molar-refractivity contribution in [1.29, 1.82) is 0 Å². The van der Waals surface area contributed by atoms with Crippen LogP contribution in [0.15, 0.2) is 18.2 Å². The Hall–Kier alpha value is -2.74. The molecule has 140 valence electrons. The molecule has 0 aliphatic carbocycles. The monoisotopic (exact) mass is 368 g/mol. The van der Waals surface area contributed by atoms with Crippen molar-refractivity contribution in [1.82, 2.24) is 15.5 Å². The quantitative estimate of drug-likeness (QED) is 0.715. The number of rotatable bonds is 2. The molecule has 4 aliphatic heterocycles. The van der Waals surface area contributed by atoms with Crippen LogP contribution in [-0.2, 0) is 9.59 Å². The van der Waals surface area contributed by atoms with E-state index < -0.39 is 23.8 Å². The van der Waals surface area contributed by atoms with E-state index in [2.05, 4.69) is 15.5 Å². The molecule has 3 atom stereocenters. The predicted molar refractivity (Wildman–Crippen MR) is 95.3 cm³/mol. The maximum atomic E-state index is 13.2. The van der Waals surface area contributed by atoms with Crippen LogP contribution in [-0.4, -0.2) is 59.7 Å². The lowest BCUT2D eigenvalue weighted by Gasteiger charge is -2.38. The molecule has 0 saturated carbocycles. The summed E-state index contributed by atoms with van der Waals surface area (Å²) >= 11 is 0. The van der Waals surface area contributed by atoms with Crippen molar-refractivity contribution in [2.75, 3.05) is 18.0 Å². The lowest BCUT2D eigenvalue weighted by Crippen LogP contribution is -2.54. The molecule has 0 radical (unpaired) electrons. The fourth-order valence-electron chi connectivity index (χ4n) is 4.88. The Morgan fingerprint density at radius 1 is 0.926 bits per heavy atom. The number of fused-ring (bicyclic) bond motifs is 3. The maximum absolute atomic E-state index is 13.2. The average molecular weight is 368 g/mol. The molecule has 8 nitrogen and oxygen atoms in total. The number of benzene rings is 1. The minimum absolute atomic E-state index is 0.124. The number of piperazine rings is 1. The Morgan fingerprint density at radius 2 is 1.67 bits per heavy atom. The Labute approximate surface area is 155 Å². The number of piperidine rings is 1. The lowest BCUT2D eigenvalue weighted by molar-refractivity contribution is -0.136. The van der Waals surface area contributed by atoms with Gasteiger partial charge in [0.2, 0.25) is 11.8 Å². The van der Waals surface area contributed by atoms with Gasteiger partial charge in [-0.2, -0.15) is 0 Å². The molecule has 4 aliphatic rings. The molecule has 27 heavy (non-hydrogen) atoms. The molecule has 8 heteroatoms. The standard InChI is InChI=1S/C19H20N4O4/c24-15-7-6-14(17(25)21-15)23-18(26)12-2-1-3-13(16(12)19(23)27)22-10-4-5-11(22)9-20-8-10/h1-3,10-11,14,20H,4-9H2,(H,21,24,25). The van der Waals surface area contributed by atoms with E-state index in [0.717, 1.165) is 36.5 Å². The van der Waals surface area contributed by atoms with E-state index in [1.54, 1.807) is 12.1 Å². The Kier molecular flexibility index (Phi) is 3.58. The Balaban J connectivity index is 1.54. The van der Waals surface area contributed by atoms with Gasteiger partial charge in [-0.25, -0.2) is 0 Å². The molecule has 1 aromatic rings. The third-order valence-corrected chi connectivity index (χ3v) is 6.10. The molecule has 3 fully saturated rings. The van der Waals surface area contributed by atoms with Crippen LogP contribution in [0.2, 0.25) is 0 Å². The van der Waals surface area contributed by atoms with E-state index in [9.17, 15) is 19.2 Å². The van der Waals surface area contributed by atoms with Crippen molar-refractivity contribution >= 4 is 29.3 Å². The van der Waals surface area contributed by atoms with E-state index in [1.807, 2.05) is 6.07 Å². The Bertz CT molecular complexity index is 866. The number of carbonyl (C=O) groups excluding carboxylic acids is 4. The third-order valence-electron chi connectivity index (χ3n) is 6.10. The second kappa shape index (κ2) is 5.88. The Morgan fingerprint density at radius 3 is 2.37 bits per heavy atom. The van der Waals surface area contributed by atoms with Gasteiger partial charge in [-0.15, -0.1) is 0 Å². The smallest absolute Gasteiger partial charge is 0.264 e. The molecule has 1 aromatic carbocycles. The first-order valence-electron chi connectivity index (χ1n) is 9.40. The highest BCUT2D eigenvalue weighted by atomic mass is 16.2.